The van der Waals surface area contributed by atoms with Gasteiger partial charge in [-0.3, -0.25) is 0 Å². The maximum Gasteiger partial charge on any atom is 0.135 e. The van der Waals surface area contributed by atoms with E-state index < -0.39 is 11.6 Å². The van der Waals surface area contributed by atoms with Crippen LogP contribution in [0.1, 0.15) is 104 Å². The molecule has 2 atom stereocenters. The van der Waals surface area contributed by atoms with Crippen LogP contribution in [-0.4, -0.2) is 23.3 Å². The Morgan fingerprint density at radius 3 is 1.76 bits per heavy atom. The van der Waals surface area contributed by atoms with Crippen LogP contribution in [0, 0.1) is 4.91 Å². The van der Waals surface area contributed by atoms with Crippen molar-refractivity contribution in [1.29, 1.82) is 0 Å². The molecule has 0 aromatic heterocycles. The van der Waals surface area contributed by atoms with Gasteiger partial charge in [-0.05, 0) is 19.8 Å². The largest absolute Gasteiger partial charge is 0.395 e. The third kappa shape index (κ3) is 13.2. The van der Waals surface area contributed by atoms with Gasteiger partial charge in [-0.1, -0.05) is 101 Å². The number of nitroso groups, excluding NO2 is 1. The molecular formula is C21H42N2O2. The summed E-state index contributed by atoms with van der Waals surface area (Å²) in [6, 6.07) is -0.632. The Morgan fingerprint density at radius 2 is 1.36 bits per heavy atom. The number of hydrogen-bond acceptors (Lipinski definition) is 4. The lowest BCUT2D eigenvalue weighted by Crippen LogP contribution is -2.45. The van der Waals surface area contributed by atoms with Crippen LogP contribution in [0.2, 0.25) is 0 Å². The predicted octanol–water partition coefficient (Wildman–Crippen LogP) is 5.87. The van der Waals surface area contributed by atoms with Crippen molar-refractivity contribution in [3.8, 4) is 0 Å². The molecule has 0 saturated heterocycles. The molecule has 2 unspecified atom stereocenters. The monoisotopic (exact) mass is 354 g/mol. The maximum absolute atomic E-state index is 10.9. The molecule has 0 bridgehead atoms. The fourth-order valence-corrected chi connectivity index (χ4v) is 3.01. The lowest BCUT2D eigenvalue weighted by Gasteiger charge is -2.23. The molecule has 0 aromatic rings. The van der Waals surface area contributed by atoms with E-state index >= 15 is 0 Å². The number of nitrogens with zero attached hydrogens (tertiary/aromatic N) is 1. The second kappa shape index (κ2) is 16.7. The van der Waals surface area contributed by atoms with E-state index in [9.17, 15) is 4.91 Å². The van der Waals surface area contributed by atoms with E-state index in [2.05, 4.69) is 12.1 Å². The maximum atomic E-state index is 10.9. The molecule has 148 valence electrons. The fraction of sp³-hybridized carbons (Fsp3) is 0.905. The summed E-state index contributed by atoms with van der Waals surface area (Å²) in [6.07, 6.45) is 22.2. The van der Waals surface area contributed by atoms with E-state index in [1.54, 1.807) is 13.0 Å². The third-order valence-corrected chi connectivity index (χ3v) is 5.07. The quantitative estimate of drug-likeness (QED) is 0.184. The van der Waals surface area contributed by atoms with Gasteiger partial charge in [0, 0.05) is 0 Å². The van der Waals surface area contributed by atoms with Gasteiger partial charge in [0.25, 0.3) is 0 Å². The Bertz CT molecular complexity index is 334. The first-order valence-corrected chi connectivity index (χ1v) is 10.5. The summed E-state index contributed by atoms with van der Waals surface area (Å²) in [6.45, 7) is 3.70. The molecule has 0 spiro atoms. The summed E-state index contributed by atoms with van der Waals surface area (Å²) < 4.78 is 0. The Kier molecular flexibility index (Phi) is 16.2. The van der Waals surface area contributed by atoms with Crippen LogP contribution in [0.15, 0.2) is 17.3 Å². The van der Waals surface area contributed by atoms with Crippen molar-refractivity contribution in [3.05, 3.63) is 17.1 Å². The Labute approximate surface area is 155 Å². The van der Waals surface area contributed by atoms with Crippen LogP contribution in [0.3, 0.4) is 0 Å². The SMILES string of the molecule is CCCCCCCCCCCCCCC/C=C/C(C)(N=O)C(N)CO. The summed E-state index contributed by atoms with van der Waals surface area (Å²) in [7, 11) is 0. The topological polar surface area (TPSA) is 75.7 Å². The third-order valence-electron chi connectivity index (χ3n) is 5.07. The van der Waals surface area contributed by atoms with Crippen molar-refractivity contribution in [3.63, 3.8) is 0 Å². The molecule has 0 amide bonds. The molecule has 25 heavy (non-hydrogen) atoms. The highest BCUT2D eigenvalue weighted by Gasteiger charge is 2.29. The van der Waals surface area contributed by atoms with Crippen molar-refractivity contribution >= 4 is 0 Å². The zero-order valence-electron chi connectivity index (χ0n) is 16.7. The number of unbranched alkanes of at least 4 members (excludes halogenated alkanes) is 13. The van der Waals surface area contributed by atoms with E-state index in [4.69, 9.17) is 10.8 Å². The van der Waals surface area contributed by atoms with Gasteiger partial charge >= 0.3 is 0 Å². The lowest BCUT2D eigenvalue weighted by atomic mass is 9.93. The zero-order valence-corrected chi connectivity index (χ0v) is 16.7. The van der Waals surface area contributed by atoms with Crippen LogP contribution in [0.25, 0.3) is 0 Å². The van der Waals surface area contributed by atoms with Gasteiger partial charge in [-0.25, -0.2) is 0 Å². The Hall–Kier alpha value is -0.740. The molecule has 0 saturated carbocycles. The summed E-state index contributed by atoms with van der Waals surface area (Å²) in [5.41, 5.74) is 4.73. The minimum absolute atomic E-state index is 0.231. The number of aliphatic hydroxyl groups is 1. The molecule has 0 radical (unpaired) electrons. The van der Waals surface area contributed by atoms with Gasteiger partial charge in [0.2, 0.25) is 0 Å². The van der Waals surface area contributed by atoms with Crippen molar-refractivity contribution in [2.45, 2.75) is 115 Å². The van der Waals surface area contributed by atoms with Gasteiger partial charge in [0.1, 0.15) is 5.54 Å². The Morgan fingerprint density at radius 1 is 0.920 bits per heavy atom. The predicted molar refractivity (Wildman–Crippen MR) is 109 cm³/mol. The van der Waals surface area contributed by atoms with E-state index in [1.807, 2.05) is 6.08 Å². The standard InChI is InChI=1S/C21H42N2O2/c1-3-4-5-6-7-8-9-10-11-12-13-14-15-16-17-18-21(2,23-25)20(22)19-24/h17-18,20,24H,3-16,19,22H2,1-2H3/b18-17+. The van der Waals surface area contributed by atoms with Crippen LogP contribution in [0.4, 0.5) is 0 Å². The molecule has 0 rings (SSSR count). The first-order chi connectivity index (χ1) is 12.1. The Balaban J connectivity index is 3.44. The van der Waals surface area contributed by atoms with Gasteiger partial charge in [0.05, 0.1) is 12.6 Å². The van der Waals surface area contributed by atoms with E-state index in [0.29, 0.717) is 0 Å². The molecular weight excluding hydrogens is 312 g/mol. The average Bonchev–Trinajstić information content (AvgIpc) is 2.63. The minimum Gasteiger partial charge on any atom is -0.395 e. The van der Waals surface area contributed by atoms with Gasteiger partial charge in [0.15, 0.2) is 0 Å². The van der Waals surface area contributed by atoms with Gasteiger partial charge in [-0.2, -0.15) is 0 Å². The van der Waals surface area contributed by atoms with Gasteiger partial charge in [-0.15, -0.1) is 4.91 Å². The highest BCUT2D eigenvalue weighted by molar-refractivity contribution is 5.09. The summed E-state index contributed by atoms with van der Waals surface area (Å²) in [5.74, 6) is 0. The molecule has 3 N–H and O–H groups in total. The second-order valence-electron chi connectivity index (χ2n) is 7.54. The molecule has 4 nitrogen and oxygen atoms in total. The van der Waals surface area contributed by atoms with Crippen LogP contribution in [0.5, 0.6) is 0 Å². The number of aliphatic hydroxyl groups excluding tert-OH is 1. The van der Waals surface area contributed by atoms with Crippen molar-refractivity contribution in [2.75, 3.05) is 6.61 Å². The van der Waals surface area contributed by atoms with E-state index in [0.717, 1.165) is 12.8 Å². The first-order valence-electron chi connectivity index (χ1n) is 10.5. The van der Waals surface area contributed by atoms with E-state index in [-0.39, 0.29) is 6.61 Å². The van der Waals surface area contributed by atoms with E-state index in [1.165, 1.54) is 77.0 Å². The summed E-state index contributed by atoms with van der Waals surface area (Å²) in [4.78, 5) is 10.9. The van der Waals surface area contributed by atoms with Gasteiger partial charge < -0.3 is 10.8 Å². The zero-order chi connectivity index (χ0) is 18.8. The summed E-state index contributed by atoms with van der Waals surface area (Å²) in [5, 5.41) is 12.1. The summed E-state index contributed by atoms with van der Waals surface area (Å²) >= 11 is 0. The van der Waals surface area contributed by atoms with Crippen LogP contribution < -0.4 is 5.73 Å². The average molecular weight is 355 g/mol. The molecule has 0 aliphatic heterocycles. The highest BCUT2D eigenvalue weighted by Crippen LogP contribution is 2.17. The first kappa shape index (κ1) is 24.3. The fourth-order valence-electron chi connectivity index (χ4n) is 3.01. The molecule has 4 heteroatoms. The van der Waals surface area contributed by atoms with Crippen molar-refractivity contribution < 1.29 is 5.11 Å². The lowest BCUT2D eigenvalue weighted by molar-refractivity contribution is 0.233. The van der Waals surface area contributed by atoms with Crippen molar-refractivity contribution in [1.82, 2.24) is 0 Å². The highest BCUT2D eigenvalue weighted by atomic mass is 16.3. The molecule has 0 aliphatic carbocycles. The van der Waals surface area contributed by atoms with Crippen molar-refractivity contribution in [2.24, 2.45) is 10.9 Å². The minimum atomic E-state index is -0.995. The van der Waals surface area contributed by atoms with Crippen LogP contribution >= 0.6 is 0 Å². The van der Waals surface area contributed by atoms with Crippen LogP contribution in [-0.2, 0) is 0 Å². The smallest absolute Gasteiger partial charge is 0.135 e. The molecule has 0 fully saturated rings. The number of rotatable bonds is 18. The number of nitrogens with two attached hydrogens (primary N) is 1. The second-order valence-corrected chi connectivity index (χ2v) is 7.54. The number of hydrogen-bond donors (Lipinski definition) is 2. The number of allylic oxidation sites excluding steroid dienone is 1. The molecule has 0 aliphatic rings. The molecule has 0 heterocycles. The molecule has 0 aromatic carbocycles. The normalized spacial score (nSPS) is 15.4.